The molecular weight excluding hydrogens is 1200 g/mol. The standard InChI is InChI=1S/C57H28S16/c1-13-41(14-2-37(1)9-21-45-33-66-53(70-45)49-58-25-26-59-49)57(42-15-3-38(4-16-42)10-22-46-34-67-54(71-46)50-60-27-28-61-50,43-17-5-39(6-18-43)11-23-47-35-68-55(72-47)51-62-29-30-63-51)44-19-7-40(8-20-44)12-24-48-36-69-56(73-48)52-64-31-32-65-52/h1-8,13-20,25-36H. The summed E-state index contributed by atoms with van der Waals surface area (Å²) in [7, 11) is 0. The lowest BCUT2D eigenvalue weighted by atomic mass is 9.65. The van der Waals surface area contributed by atoms with Gasteiger partial charge in [0.1, 0.15) is 0 Å². The van der Waals surface area contributed by atoms with E-state index >= 15 is 0 Å². The van der Waals surface area contributed by atoms with Crippen LogP contribution in [0, 0.1) is 47.4 Å². The zero-order valence-corrected chi connectivity index (χ0v) is 50.3. The number of thioether (sulfide) groups is 16. The Kier molecular flexibility index (Phi) is 17.2. The molecule has 8 heterocycles. The summed E-state index contributed by atoms with van der Waals surface area (Å²) in [5.74, 6) is 27.8. The molecule has 0 unspecified atom stereocenters. The molecule has 352 valence electrons. The molecular formula is C57H28S16. The van der Waals surface area contributed by atoms with Crippen molar-refractivity contribution in [1.29, 1.82) is 0 Å². The third kappa shape index (κ3) is 12.2. The highest BCUT2D eigenvalue weighted by Crippen LogP contribution is 2.56. The second-order valence-corrected chi connectivity index (χ2v) is 32.3. The minimum Gasteiger partial charge on any atom is -0.0884 e. The molecule has 4 aromatic rings. The second-order valence-electron chi connectivity index (χ2n) is 15.2. The van der Waals surface area contributed by atoms with Crippen molar-refractivity contribution in [3.05, 3.63) is 260 Å². The number of allylic oxidation sites excluding steroid dienone is 4. The van der Waals surface area contributed by atoms with Gasteiger partial charge >= 0.3 is 0 Å². The predicted octanol–water partition coefficient (Wildman–Crippen LogP) is 21.1. The fourth-order valence-corrected chi connectivity index (χ4v) is 24.6. The van der Waals surface area contributed by atoms with Crippen LogP contribution in [0.25, 0.3) is 0 Å². The van der Waals surface area contributed by atoms with Gasteiger partial charge in [0.2, 0.25) is 0 Å². The van der Waals surface area contributed by atoms with Crippen LogP contribution in [0.1, 0.15) is 44.5 Å². The molecule has 0 aliphatic carbocycles. The van der Waals surface area contributed by atoms with Crippen LogP contribution in [0.3, 0.4) is 0 Å². The highest BCUT2D eigenvalue weighted by atomic mass is 32.2. The van der Waals surface area contributed by atoms with Crippen molar-refractivity contribution in [3.63, 3.8) is 0 Å². The van der Waals surface area contributed by atoms with Crippen molar-refractivity contribution in [2.24, 2.45) is 0 Å². The average Bonchev–Trinajstić information content (AvgIpc) is 4.28. The maximum absolute atomic E-state index is 3.49. The van der Waals surface area contributed by atoms with Gasteiger partial charge in [-0.05, 0) is 136 Å². The molecule has 0 saturated carbocycles. The van der Waals surface area contributed by atoms with E-state index in [2.05, 4.69) is 209 Å². The largest absolute Gasteiger partial charge is 0.0884 e. The van der Waals surface area contributed by atoms with Crippen LogP contribution in [0.5, 0.6) is 0 Å². The van der Waals surface area contributed by atoms with Crippen molar-refractivity contribution in [2.45, 2.75) is 5.41 Å². The van der Waals surface area contributed by atoms with Gasteiger partial charge in [0, 0.05) is 22.3 Å². The zero-order valence-electron chi connectivity index (χ0n) is 37.2. The number of hydrogen-bond donors (Lipinski definition) is 0. The summed E-state index contributed by atoms with van der Waals surface area (Å²) in [6.07, 6.45) is 0. The van der Waals surface area contributed by atoms with Crippen LogP contribution in [0.2, 0.25) is 0 Å². The first-order valence-electron chi connectivity index (χ1n) is 21.7. The molecule has 0 radical (unpaired) electrons. The molecule has 16 heteroatoms. The van der Waals surface area contributed by atoms with E-state index in [-0.39, 0.29) is 0 Å². The Morgan fingerprint density at radius 1 is 0.219 bits per heavy atom. The quantitative estimate of drug-likeness (QED) is 0.141. The summed E-state index contributed by atoms with van der Waals surface area (Å²) in [5.41, 5.74) is 7.63. The molecule has 0 aromatic heterocycles. The summed E-state index contributed by atoms with van der Waals surface area (Å²) >= 11 is 28.4. The van der Waals surface area contributed by atoms with E-state index in [1.165, 1.54) is 33.9 Å². The maximum Gasteiger partial charge on any atom is 0.0707 e. The van der Waals surface area contributed by atoms with E-state index in [1.807, 2.05) is 0 Å². The number of rotatable bonds is 4. The Morgan fingerprint density at radius 3 is 0.630 bits per heavy atom. The van der Waals surface area contributed by atoms with Gasteiger partial charge in [-0.3, -0.25) is 0 Å². The van der Waals surface area contributed by atoms with Crippen LogP contribution in [0.15, 0.2) is 215 Å². The lowest BCUT2D eigenvalue weighted by molar-refractivity contribution is 0.744. The molecule has 8 aliphatic rings. The van der Waals surface area contributed by atoms with Crippen molar-refractivity contribution in [3.8, 4) is 47.4 Å². The van der Waals surface area contributed by atoms with E-state index in [0.29, 0.717) is 0 Å². The summed E-state index contributed by atoms with van der Waals surface area (Å²) in [6.45, 7) is 0. The molecule has 0 nitrogen and oxygen atoms in total. The monoisotopic (exact) mass is 1220 g/mol. The number of hydrogen-bond acceptors (Lipinski definition) is 16. The Bertz CT molecular complexity index is 3080. The van der Waals surface area contributed by atoms with E-state index in [4.69, 9.17) is 0 Å². The van der Waals surface area contributed by atoms with Gasteiger partial charge in [0.05, 0.1) is 58.9 Å². The van der Waals surface area contributed by atoms with E-state index in [1.54, 1.807) is 188 Å². The topological polar surface area (TPSA) is 0 Å². The van der Waals surface area contributed by atoms with Gasteiger partial charge in [-0.1, -0.05) is 284 Å². The van der Waals surface area contributed by atoms with Crippen molar-refractivity contribution in [2.75, 3.05) is 0 Å². The summed E-state index contributed by atoms with van der Waals surface area (Å²) < 4.78 is 10.5. The van der Waals surface area contributed by atoms with Crippen molar-refractivity contribution < 1.29 is 0 Å². The summed E-state index contributed by atoms with van der Waals surface area (Å²) in [6, 6.07) is 35.4. The van der Waals surface area contributed by atoms with E-state index < -0.39 is 5.41 Å². The summed E-state index contributed by atoms with van der Waals surface area (Å²) in [5, 5.41) is 25.8. The molecule has 0 fully saturated rings. The second kappa shape index (κ2) is 24.5. The lowest BCUT2D eigenvalue weighted by Crippen LogP contribution is -2.31. The lowest BCUT2D eigenvalue weighted by Gasteiger charge is -2.37. The molecule has 0 bridgehead atoms. The fourth-order valence-electron chi connectivity index (χ4n) is 7.56. The Hall–Kier alpha value is -2.40. The third-order valence-electron chi connectivity index (χ3n) is 10.8. The van der Waals surface area contributed by atoms with Crippen LogP contribution >= 0.6 is 188 Å². The zero-order chi connectivity index (χ0) is 48.8. The molecule has 4 aromatic carbocycles. The fraction of sp³-hybridized carbons (Fsp3) is 0.0175. The van der Waals surface area contributed by atoms with Gasteiger partial charge in [-0.25, -0.2) is 0 Å². The molecule has 0 amide bonds. The SMILES string of the molecule is C(#Cc1ccc(C(c2ccc(C#CC3=CSC(=C4SC=CS4)S3)cc2)(c2ccc(C#CC3=CSC(=C4SC=CS4)S3)cc2)c2ccc(C#CC3=CSC(=C4SC=CS4)S3)cc2)cc1)C1=CSC(=C2SC=CS2)S1. The van der Waals surface area contributed by atoms with Gasteiger partial charge in [0.25, 0.3) is 0 Å². The normalized spacial score (nSPS) is 18.6. The van der Waals surface area contributed by atoms with E-state index in [0.717, 1.165) is 64.1 Å². The molecule has 0 N–H and O–H groups in total. The summed E-state index contributed by atoms with van der Waals surface area (Å²) in [4.78, 5) is 4.29. The molecule has 0 spiro atoms. The molecule has 73 heavy (non-hydrogen) atoms. The number of benzene rings is 4. The van der Waals surface area contributed by atoms with Crippen LogP contribution in [-0.2, 0) is 5.41 Å². The van der Waals surface area contributed by atoms with Crippen LogP contribution in [0.4, 0.5) is 0 Å². The Balaban J connectivity index is 0.904. The first-order chi connectivity index (χ1) is 36.1. The van der Waals surface area contributed by atoms with Crippen molar-refractivity contribution >= 4 is 188 Å². The first-order valence-corrected chi connectivity index (χ1v) is 35.5. The molecule has 0 saturated heterocycles. The van der Waals surface area contributed by atoms with Gasteiger partial charge in [0.15, 0.2) is 0 Å². The highest BCUT2D eigenvalue weighted by molar-refractivity contribution is 8.35. The van der Waals surface area contributed by atoms with Crippen LogP contribution < -0.4 is 0 Å². The van der Waals surface area contributed by atoms with Gasteiger partial charge < -0.3 is 0 Å². The molecule has 0 atom stereocenters. The van der Waals surface area contributed by atoms with Gasteiger partial charge in [-0.15, -0.1) is 0 Å². The first kappa shape index (κ1) is 51.4. The van der Waals surface area contributed by atoms with Crippen molar-refractivity contribution in [1.82, 2.24) is 0 Å². The van der Waals surface area contributed by atoms with E-state index in [9.17, 15) is 0 Å². The predicted molar refractivity (Wildman–Crippen MR) is 351 cm³/mol. The average molecular weight is 1230 g/mol. The smallest absolute Gasteiger partial charge is 0.0707 e. The Morgan fingerprint density at radius 2 is 0.425 bits per heavy atom. The molecule has 8 aliphatic heterocycles. The molecule has 12 rings (SSSR count). The van der Waals surface area contributed by atoms with Gasteiger partial charge in [-0.2, -0.15) is 0 Å². The van der Waals surface area contributed by atoms with Crippen LogP contribution in [-0.4, -0.2) is 0 Å². The maximum atomic E-state index is 3.49. The highest BCUT2D eigenvalue weighted by Gasteiger charge is 2.38. The minimum absolute atomic E-state index is 0.729. The Labute approximate surface area is 494 Å². The minimum atomic E-state index is -0.729. The third-order valence-corrected chi connectivity index (χ3v) is 30.5.